The summed E-state index contributed by atoms with van der Waals surface area (Å²) in [6.45, 7) is 0.263. The number of carbonyl (C=O) groups is 1. The highest BCUT2D eigenvalue weighted by Crippen LogP contribution is 2.29. The Morgan fingerprint density at radius 1 is 1.03 bits per heavy atom. The molecule has 4 aromatic rings. The molecule has 32 heavy (non-hydrogen) atoms. The van der Waals surface area contributed by atoms with Crippen molar-refractivity contribution in [2.75, 3.05) is 10.6 Å². The van der Waals surface area contributed by atoms with E-state index in [4.69, 9.17) is 4.52 Å². The normalized spacial score (nSPS) is 11.2. The van der Waals surface area contributed by atoms with Crippen molar-refractivity contribution in [3.63, 3.8) is 0 Å². The first-order valence-electron chi connectivity index (χ1n) is 9.05. The minimum Gasteiger partial charge on any atom is -0.306 e. The summed E-state index contributed by atoms with van der Waals surface area (Å²) >= 11 is 0. The predicted octanol–water partition coefficient (Wildman–Crippen LogP) is 2.92. The van der Waals surface area contributed by atoms with Gasteiger partial charge < -0.3 is 5.32 Å². The highest BCUT2D eigenvalue weighted by molar-refractivity contribution is 5.98. The van der Waals surface area contributed by atoms with Crippen LogP contribution in [0.5, 0.6) is 0 Å². The Morgan fingerprint density at radius 3 is 2.59 bits per heavy atom. The van der Waals surface area contributed by atoms with Gasteiger partial charge in [0.15, 0.2) is 0 Å². The molecule has 4 aromatic heterocycles. The van der Waals surface area contributed by atoms with E-state index in [1.165, 1.54) is 10.9 Å². The number of rotatable bonds is 5. The quantitative estimate of drug-likeness (QED) is 0.455. The number of nitrogens with one attached hydrogen (secondary N) is 2. The number of carbonyl (C=O) groups excluding carboxylic acids is 1. The third-order valence-electron chi connectivity index (χ3n) is 4.14. The summed E-state index contributed by atoms with van der Waals surface area (Å²) in [6, 6.07) is 5.44. The van der Waals surface area contributed by atoms with Gasteiger partial charge in [0.1, 0.15) is 5.69 Å². The number of hydrogen-bond acceptors (Lipinski definition) is 7. The van der Waals surface area contributed by atoms with Crippen LogP contribution in [0, 0.1) is 0 Å². The minimum atomic E-state index is -4.57. The van der Waals surface area contributed by atoms with Gasteiger partial charge >= 0.3 is 18.1 Å². The van der Waals surface area contributed by atoms with Crippen molar-refractivity contribution in [1.82, 2.24) is 25.4 Å². The van der Waals surface area contributed by atoms with Gasteiger partial charge in [-0.2, -0.15) is 23.4 Å². The molecule has 0 aliphatic heterocycles. The average Bonchev–Trinajstić information content (AvgIpc) is 3.21. The van der Waals surface area contributed by atoms with E-state index in [9.17, 15) is 18.0 Å². The molecular weight excluding hydrogens is 429 g/mol. The summed E-state index contributed by atoms with van der Waals surface area (Å²) in [6.07, 6.45) is 3.49. The molecule has 0 atom stereocenters. The lowest BCUT2D eigenvalue weighted by molar-refractivity contribution is -0.755. The molecule has 0 saturated heterocycles. The van der Waals surface area contributed by atoms with Crippen LogP contribution >= 0.6 is 0 Å². The summed E-state index contributed by atoms with van der Waals surface area (Å²) in [5, 5.41) is 15.9. The summed E-state index contributed by atoms with van der Waals surface area (Å²) in [4.78, 5) is 19.9. The van der Waals surface area contributed by atoms with Crippen molar-refractivity contribution in [2.24, 2.45) is 0 Å². The van der Waals surface area contributed by atoms with Crippen molar-refractivity contribution in [1.29, 1.82) is 0 Å². The van der Waals surface area contributed by atoms with Crippen LogP contribution in [-0.2, 0) is 12.7 Å². The van der Waals surface area contributed by atoms with Gasteiger partial charge in [-0.25, -0.2) is 4.79 Å². The number of halogens is 3. The third kappa shape index (κ3) is 5.19. The maximum Gasteiger partial charge on any atom is 0.417 e. The Balaban J connectivity index is 1.35. The highest BCUT2D eigenvalue weighted by Gasteiger charge is 2.31. The van der Waals surface area contributed by atoms with E-state index in [-0.39, 0.29) is 18.1 Å². The molecule has 10 nitrogen and oxygen atoms in total. The maximum atomic E-state index is 12.7. The SMILES string of the molecule is O=C(Nc1cncc(C(F)(F)F)c1)Nc1c[n+](Cc2ccc(-c3ccnnc3)cn2)no1. The van der Waals surface area contributed by atoms with Gasteiger partial charge in [0.05, 0.1) is 29.8 Å². The van der Waals surface area contributed by atoms with Gasteiger partial charge in [-0.05, 0) is 22.9 Å². The fourth-order valence-corrected chi connectivity index (χ4v) is 2.66. The fraction of sp³-hybridized carbons (Fsp3) is 0.105. The molecule has 0 radical (unpaired) electrons. The van der Waals surface area contributed by atoms with Gasteiger partial charge in [-0.1, -0.05) is 6.07 Å². The number of nitrogens with zero attached hydrogens (tertiary/aromatic N) is 6. The molecule has 2 amide bonds. The zero-order valence-corrected chi connectivity index (χ0v) is 16.1. The topological polar surface area (TPSA) is 123 Å². The van der Waals surface area contributed by atoms with Gasteiger partial charge in [0.25, 0.3) is 6.20 Å². The Kier molecular flexibility index (Phi) is 5.70. The van der Waals surface area contributed by atoms with Crippen molar-refractivity contribution >= 4 is 17.6 Å². The number of anilines is 2. The molecule has 4 rings (SSSR count). The number of alkyl halides is 3. The van der Waals surface area contributed by atoms with Gasteiger partial charge in [0.2, 0.25) is 11.8 Å². The Bertz CT molecular complexity index is 1210. The second kappa shape index (κ2) is 8.75. The maximum absolute atomic E-state index is 12.7. The molecule has 162 valence electrons. The fourth-order valence-electron chi connectivity index (χ4n) is 2.66. The number of urea groups is 1. The van der Waals surface area contributed by atoms with Crippen LogP contribution in [0.3, 0.4) is 0 Å². The van der Waals surface area contributed by atoms with Crippen LogP contribution in [0.4, 0.5) is 29.5 Å². The monoisotopic (exact) mass is 443 g/mol. The van der Waals surface area contributed by atoms with E-state index in [0.29, 0.717) is 11.9 Å². The van der Waals surface area contributed by atoms with Crippen LogP contribution in [0.2, 0.25) is 0 Å². The number of aromatic nitrogens is 6. The smallest absolute Gasteiger partial charge is 0.306 e. The Labute approximate surface area is 178 Å². The zero-order valence-electron chi connectivity index (χ0n) is 16.1. The molecule has 0 saturated carbocycles. The largest absolute Gasteiger partial charge is 0.417 e. The lowest BCUT2D eigenvalue weighted by atomic mass is 10.1. The molecule has 4 heterocycles. The molecular formula is C19H14F3N8O2+. The van der Waals surface area contributed by atoms with Gasteiger partial charge in [-0.3, -0.25) is 19.8 Å². The lowest BCUT2D eigenvalue weighted by Crippen LogP contribution is -2.35. The highest BCUT2D eigenvalue weighted by atomic mass is 19.4. The second-order valence-electron chi connectivity index (χ2n) is 6.47. The van der Waals surface area contributed by atoms with E-state index in [1.54, 1.807) is 24.7 Å². The number of hydrogen-bond donors (Lipinski definition) is 2. The molecule has 0 fully saturated rings. The molecule has 0 spiro atoms. The summed E-state index contributed by atoms with van der Waals surface area (Å²) in [7, 11) is 0. The molecule has 2 N–H and O–H groups in total. The van der Waals surface area contributed by atoms with E-state index in [1.807, 2.05) is 12.1 Å². The molecule has 0 aromatic carbocycles. The standard InChI is InChI=1S/C19H13F3N8O2/c20-19(21,22)14-5-16(9-23-8-14)27-18(31)28-17-11-30(29-32-17)10-15-2-1-12(6-24-15)13-3-4-25-26-7-13/h1-9,11H,10H2,(H-,27,28,29,31)/p+1. The first-order valence-corrected chi connectivity index (χ1v) is 9.05. The van der Waals surface area contributed by atoms with E-state index in [0.717, 1.165) is 23.4 Å². The first kappa shape index (κ1) is 20.8. The van der Waals surface area contributed by atoms with Gasteiger partial charge in [0, 0.05) is 23.5 Å². The molecule has 0 aliphatic rings. The van der Waals surface area contributed by atoms with E-state index in [2.05, 4.69) is 36.1 Å². The average molecular weight is 443 g/mol. The molecule has 0 unspecified atom stereocenters. The van der Waals surface area contributed by atoms with Gasteiger partial charge in [-0.15, -0.1) is 0 Å². The van der Waals surface area contributed by atoms with Crippen molar-refractivity contribution in [3.8, 4) is 11.1 Å². The van der Waals surface area contributed by atoms with Crippen molar-refractivity contribution in [3.05, 3.63) is 72.7 Å². The second-order valence-corrected chi connectivity index (χ2v) is 6.47. The summed E-state index contributed by atoms with van der Waals surface area (Å²) < 4.78 is 44.6. The summed E-state index contributed by atoms with van der Waals surface area (Å²) in [5.74, 6) is -0.0121. The Morgan fingerprint density at radius 2 is 1.88 bits per heavy atom. The van der Waals surface area contributed by atoms with E-state index < -0.39 is 17.8 Å². The van der Waals surface area contributed by atoms with Crippen LogP contribution in [-0.4, -0.2) is 31.5 Å². The van der Waals surface area contributed by atoms with Crippen LogP contribution in [0.25, 0.3) is 11.1 Å². The lowest BCUT2D eigenvalue weighted by Gasteiger charge is -2.08. The minimum absolute atomic E-state index is 0.0121. The van der Waals surface area contributed by atoms with Crippen LogP contribution < -0.4 is 15.3 Å². The third-order valence-corrected chi connectivity index (χ3v) is 4.14. The van der Waals surface area contributed by atoms with Crippen LogP contribution in [0.1, 0.15) is 11.3 Å². The molecule has 0 bridgehead atoms. The zero-order chi connectivity index (χ0) is 22.6. The van der Waals surface area contributed by atoms with Crippen molar-refractivity contribution < 1.29 is 27.2 Å². The van der Waals surface area contributed by atoms with Crippen LogP contribution in [0.15, 0.2) is 66.0 Å². The Hall–Kier alpha value is -4.42. The van der Waals surface area contributed by atoms with Crippen molar-refractivity contribution in [2.45, 2.75) is 12.7 Å². The van der Waals surface area contributed by atoms with E-state index >= 15 is 0 Å². The summed E-state index contributed by atoms with van der Waals surface area (Å²) in [5.41, 5.74) is 1.32. The number of pyridine rings is 2. The molecule has 13 heteroatoms. The first-order chi connectivity index (χ1) is 15.4. The molecule has 0 aliphatic carbocycles. The number of amides is 2. The predicted molar refractivity (Wildman–Crippen MR) is 103 cm³/mol.